The Hall–Kier alpha value is -3.19. The summed E-state index contributed by atoms with van der Waals surface area (Å²) in [6, 6.07) is 18.3. The van der Waals surface area contributed by atoms with Gasteiger partial charge < -0.3 is 4.74 Å². The minimum absolute atomic E-state index is 0.213. The van der Waals surface area contributed by atoms with E-state index in [-0.39, 0.29) is 12.4 Å². The molecule has 132 valence electrons. The van der Waals surface area contributed by atoms with Gasteiger partial charge in [-0.2, -0.15) is 0 Å². The molecule has 0 bridgehead atoms. The quantitative estimate of drug-likeness (QED) is 0.677. The van der Waals surface area contributed by atoms with Crippen LogP contribution in [-0.4, -0.2) is 18.4 Å². The molecular weight excluding hydrogens is 355 g/mol. The van der Waals surface area contributed by atoms with Crippen LogP contribution in [0.2, 0.25) is 0 Å². The molecule has 0 saturated carbocycles. The molecule has 2 N–H and O–H groups in total. The number of rotatable bonds is 5. The minimum Gasteiger partial charge on any atom is -0.484 e. The van der Waals surface area contributed by atoms with Crippen LogP contribution < -0.4 is 15.6 Å². The number of amides is 2. The van der Waals surface area contributed by atoms with Crippen molar-refractivity contribution < 1.29 is 18.7 Å². The third-order valence-corrected chi connectivity index (χ3v) is 4.52. The SMILES string of the molecule is O=C(COc1ccccc1)NNC(=O)c1ccc(-c2ccc(F)cc2)s1. The van der Waals surface area contributed by atoms with E-state index >= 15 is 0 Å². The topological polar surface area (TPSA) is 67.4 Å². The molecule has 1 heterocycles. The van der Waals surface area contributed by atoms with Crippen LogP contribution in [0, 0.1) is 5.82 Å². The van der Waals surface area contributed by atoms with E-state index < -0.39 is 11.8 Å². The molecule has 2 aromatic carbocycles. The molecule has 7 heteroatoms. The van der Waals surface area contributed by atoms with Gasteiger partial charge in [-0.3, -0.25) is 20.4 Å². The Morgan fingerprint density at radius 2 is 1.65 bits per heavy atom. The fraction of sp³-hybridized carbons (Fsp3) is 0.0526. The number of carbonyl (C=O) groups excluding carboxylic acids is 2. The Balaban J connectivity index is 1.50. The summed E-state index contributed by atoms with van der Waals surface area (Å²) in [5, 5.41) is 0. The van der Waals surface area contributed by atoms with Crippen molar-refractivity contribution in [1.82, 2.24) is 10.9 Å². The van der Waals surface area contributed by atoms with E-state index in [1.54, 1.807) is 48.5 Å². The molecule has 0 aliphatic rings. The number of hydrogen-bond donors (Lipinski definition) is 2. The summed E-state index contributed by atoms with van der Waals surface area (Å²) < 4.78 is 18.3. The first-order chi connectivity index (χ1) is 12.6. The number of thiophene rings is 1. The van der Waals surface area contributed by atoms with Crippen LogP contribution in [0.4, 0.5) is 4.39 Å². The molecular formula is C19H15FN2O3S. The third-order valence-electron chi connectivity index (χ3n) is 3.39. The van der Waals surface area contributed by atoms with Gasteiger partial charge in [-0.05, 0) is 42.0 Å². The molecule has 0 radical (unpaired) electrons. The number of nitrogens with one attached hydrogen (secondary N) is 2. The van der Waals surface area contributed by atoms with Gasteiger partial charge in [0, 0.05) is 4.88 Å². The lowest BCUT2D eigenvalue weighted by molar-refractivity contribution is -0.123. The summed E-state index contributed by atoms with van der Waals surface area (Å²) in [6.45, 7) is -0.213. The fourth-order valence-electron chi connectivity index (χ4n) is 2.12. The van der Waals surface area contributed by atoms with Crippen LogP contribution in [0.3, 0.4) is 0 Å². The van der Waals surface area contributed by atoms with Gasteiger partial charge in [0.25, 0.3) is 11.8 Å². The van der Waals surface area contributed by atoms with E-state index in [0.717, 1.165) is 10.4 Å². The average Bonchev–Trinajstić information content (AvgIpc) is 3.16. The van der Waals surface area contributed by atoms with Gasteiger partial charge in [-0.15, -0.1) is 11.3 Å². The molecule has 1 aromatic heterocycles. The molecule has 0 aliphatic carbocycles. The molecule has 0 unspecified atom stereocenters. The van der Waals surface area contributed by atoms with Crippen molar-refractivity contribution in [2.24, 2.45) is 0 Å². The highest BCUT2D eigenvalue weighted by Crippen LogP contribution is 2.28. The highest BCUT2D eigenvalue weighted by atomic mass is 32.1. The number of ether oxygens (including phenoxy) is 1. The van der Waals surface area contributed by atoms with Gasteiger partial charge in [0.2, 0.25) is 0 Å². The zero-order valence-corrected chi connectivity index (χ0v) is 14.4. The average molecular weight is 370 g/mol. The summed E-state index contributed by atoms with van der Waals surface area (Å²) in [5.74, 6) is -0.659. The molecule has 26 heavy (non-hydrogen) atoms. The molecule has 0 spiro atoms. The second kappa shape index (κ2) is 8.26. The Kier molecular flexibility index (Phi) is 5.60. The zero-order chi connectivity index (χ0) is 18.4. The first-order valence-electron chi connectivity index (χ1n) is 7.74. The Morgan fingerprint density at radius 3 is 2.38 bits per heavy atom. The van der Waals surface area contributed by atoms with E-state index in [4.69, 9.17) is 4.74 Å². The van der Waals surface area contributed by atoms with Crippen molar-refractivity contribution in [3.05, 3.63) is 77.4 Å². The van der Waals surface area contributed by atoms with Crippen LogP contribution in [0.5, 0.6) is 5.75 Å². The molecule has 3 rings (SSSR count). The van der Waals surface area contributed by atoms with Crippen LogP contribution in [0.15, 0.2) is 66.7 Å². The first kappa shape index (κ1) is 17.6. The van der Waals surface area contributed by atoms with Gasteiger partial charge in [0.05, 0.1) is 4.88 Å². The molecule has 0 fully saturated rings. The summed E-state index contributed by atoms with van der Waals surface area (Å²) in [6.07, 6.45) is 0. The lowest BCUT2D eigenvalue weighted by Crippen LogP contribution is -2.43. The standard InChI is InChI=1S/C19H15FN2O3S/c20-14-8-6-13(7-9-14)16-10-11-17(26-16)19(24)22-21-18(23)12-25-15-4-2-1-3-5-15/h1-11H,12H2,(H,21,23)(H,22,24). The molecule has 5 nitrogen and oxygen atoms in total. The van der Waals surface area contributed by atoms with E-state index in [2.05, 4.69) is 10.9 Å². The maximum absolute atomic E-state index is 13.0. The van der Waals surface area contributed by atoms with Crippen molar-refractivity contribution in [1.29, 1.82) is 0 Å². The first-order valence-corrected chi connectivity index (χ1v) is 8.56. The number of carbonyl (C=O) groups is 2. The molecule has 0 saturated heterocycles. The summed E-state index contributed by atoms with van der Waals surface area (Å²) in [4.78, 5) is 25.1. The highest BCUT2D eigenvalue weighted by molar-refractivity contribution is 7.17. The Labute approximate surface area is 153 Å². The van der Waals surface area contributed by atoms with Crippen molar-refractivity contribution in [3.8, 4) is 16.2 Å². The Bertz CT molecular complexity index is 895. The monoisotopic (exact) mass is 370 g/mol. The largest absolute Gasteiger partial charge is 0.484 e. The maximum Gasteiger partial charge on any atom is 0.279 e. The fourth-order valence-corrected chi connectivity index (χ4v) is 3.03. The molecule has 3 aromatic rings. The predicted molar refractivity (Wildman–Crippen MR) is 97.3 cm³/mol. The van der Waals surface area contributed by atoms with E-state index in [1.165, 1.54) is 23.5 Å². The summed E-state index contributed by atoms with van der Waals surface area (Å²) >= 11 is 1.24. The molecule has 2 amide bonds. The molecule has 0 atom stereocenters. The number of halogens is 1. The van der Waals surface area contributed by atoms with Crippen molar-refractivity contribution >= 4 is 23.2 Å². The van der Waals surface area contributed by atoms with Gasteiger partial charge >= 0.3 is 0 Å². The van der Waals surface area contributed by atoms with Crippen molar-refractivity contribution in [3.63, 3.8) is 0 Å². The predicted octanol–water partition coefficient (Wildman–Crippen LogP) is 3.39. The van der Waals surface area contributed by atoms with Crippen molar-refractivity contribution in [2.45, 2.75) is 0 Å². The van der Waals surface area contributed by atoms with Crippen molar-refractivity contribution in [2.75, 3.05) is 6.61 Å². The summed E-state index contributed by atoms with van der Waals surface area (Å²) in [7, 11) is 0. The van der Waals surface area contributed by atoms with Gasteiger partial charge in [0.1, 0.15) is 11.6 Å². The zero-order valence-electron chi connectivity index (χ0n) is 13.6. The lowest BCUT2D eigenvalue weighted by atomic mass is 10.2. The number of para-hydroxylation sites is 1. The Morgan fingerprint density at radius 1 is 0.923 bits per heavy atom. The van der Waals surface area contributed by atoms with E-state index in [1.807, 2.05) is 6.07 Å². The second-order valence-electron chi connectivity index (χ2n) is 5.27. The second-order valence-corrected chi connectivity index (χ2v) is 6.36. The van der Waals surface area contributed by atoms with Gasteiger partial charge in [-0.25, -0.2) is 4.39 Å². The third kappa shape index (κ3) is 4.67. The van der Waals surface area contributed by atoms with Crippen LogP contribution in [-0.2, 0) is 4.79 Å². The maximum atomic E-state index is 13.0. The normalized spacial score (nSPS) is 10.2. The molecule has 0 aliphatic heterocycles. The van der Waals surface area contributed by atoms with Crippen LogP contribution >= 0.6 is 11.3 Å². The highest BCUT2D eigenvalue weighted by Gasteiger charge is 2.11. The van der Waals surface area contributed by atoms with E-state index in [9.17, 15) is 14.0 Å². The van der Waals surface area contributed by atoms with Crippen LogP contribution in [0.25, 0.3) is 10.4 Å². The lowest BCUT2D eigenvalue weighted by Gasteiger charge is -2.08. The van der Waals surface area contributed by atoms with Gasteiger partial charge in [-0.1, -0.05) is 30.3 Å². The number of hydrogen-bond acceptors (Lipinski definition) is 4. The smallest absolute Gasteiger partial charge is 0.279 e. The number of hydrazine groups is 1. The van der Waals surface area contributed by atoms with Gasteiger partial charge in [0.15, 0.2) is 6.61 Å². The minimum atomic E-state index is -0.475. The van der Waals surface area contributed by atoms with Crippen LogP contribution in [0.1, 0.15) is 9.67 Å². The van der Waals surface area contributed by atoms with E-state index in [0.29, 0.717) is 10.6 Å². The number of benzene rings is 2. The summed E-state index contributed by atoms with van der Waals surface area (Å²) in [5.41, 5.74) is 5.46.